The summed E-state index contributed by atoms with van der Waals surface area (Å²) in [6, 6.07) is 3.78. The highest BCUT2D eigenvalue weighted by atomic mass is 79.9. The van der Waals surface area contributed by atoms with E-state index in [0.717, 1.165) is 23.7 Å². The number of hydrogen-bond acceptors (Lipinski definition) is 0. The van der Waals surface area contributed by atoms with Crippen LogP contribution in [-0.4, -0.2) is 0 Å². The lowest BCUT2D eigenvalue weighted by Crippen LogP contribution is -2.06. The first-order valence-corrected chi connectivity index (χ1v) is 7.67. The molecule has 0 heterocycles. The zero-order valence-electron chi connectivity index (χ0n) is 9.95. The van der Waals surface area contributed by atoms with Crippen LogP contribution in [0.3, 0.4) is 0 Å². The molecule has 0 aliphatic heterocycles. The van der Waals surface area contributed by atoms with Gasteiger partial charge in [-0.1, -0.05) is 15.9 Å². The van der Waals surface area contributed by atoms with Crippen molar-refractivity contribution in [3.05, 3.63) is 35.4 Å². The van der Waals surface area contributed by atoms with E-state index in [4.69, 9.17) is 0 Å². The van der Waals surface area contributed by atoms with Gasteiger partial charge in [-0.2, -0.15) is 0 Å². The molecule has 0 aromatic heterocycles. The highest BCUT2D eigenvalue weighted by molar-refractivity contribution is 9.09. The van der Waals surface area contributed by atoms with Crippen molar-refractivity contribution in [3.63, 3.8) is 0 Å². The molecule has 1 aromatic rings. The van der Waals surface area contributed by atoms with Gasteiger partial charge in [-0.05, 0) is 67.1 Å². The Bertz CT molecular complexity index is 485. The topological polar surface area (TPSA) is 0 Å². The van der Waals surface area contributed by atoms with Crippen LogP contribution < -0.4 is 0 Å². The maximum absolute atomic E-state index is 13.8. The van der Waals surface area contributed by atoms with Crippen LogP contribution in [0, 0.1) is 41.2 Å². The Hall–Kier alpha value is -0.440. The molecular formula is C15H15BrF2. The molecule has 5 unspecified atom stereocenters. The molecule has 3 saturated carbocycles. The van der Waals surface area contributed by atoms with Crippen LogP contribution in [0.15, 0.2) is 18.2 Å². The number of rotatable bonds is 2. The molecule has 3 heteroatoms. The van der Waals surface area contributed by atoms with Crippen molar-refractivity contribution in [3.8, 4) is 0 Å². The minimum Gasteiger partial charge on any atom is -0.207 e. The van der Waals surface area contributed by atoms with E-state index in [1.165, 1.54) is 37.5 Å². The average Bonchev–Trinajstić information content (AvgIpc) is 2.79. The summed E-state index contributed by atoms with van der Waals surface area (Å²) in [7, 11) is 0. The molecular weight excluding hydrogens is 298 g/mol. The summed E-state index contributed by atoms with van der Waals surface area (Å²) in [4.78, 5) is -0.00778. The standard InChI is InChI=1S/C15H15BrF2/c16-15(10-6-9(17)3-4-11(10)18)14-12-7-1-2-8(5-7)13(12)14/h3-4,6-8,12-15H,1-2,5H2. The predicted molar refractivity (Wildman–Crippen MR) is 69.3 cm³/mol. The second-order valence-corrected chi connectivity index (χ2v) is 7.12. The smallest absolute Gasteiger partial charge is 0.127 e. The van der Waals surface area contributed by atoms with Gasteiger partial charge in [0.25, 0.3) is 0 Å². The van der Waals surface area contributed by atoms with Gasteiger partial charge in [0, 0.05) is 10.4 Å². The van der Waals surface area contributed by atoms with Crippen molar-refractivity contribution in [1.29, 1.82) is 0 Å². The number of fused-ring (bicyclic) bond motifs is 5. The van der Waals surface area contributed by atoms with Gasteiger partial charge in [0.05, 0.1) is 0 Å². The second-order valence-electron chi connectivity index (χ2n) is 6.13. The first kappa shape index (κ1) is 11.4. The maximum atomic E-state index is 13.8. The summed E-state index contributed by atoms with van der Waals surface area (Å²) >= 11 is 3.63. The van der Waals surface area contributed by atoms with E-state index in [2.05, 4.69) is 15.9 Å². The molecule has 3 aliphatic rings. The lowest BCUT2D eigenvalue weighted by molar-refractivity contribution is 0.453. The molecule has 0 radical (unpaired) electrons. The van der Waals surface area contributed by atoms with E-state index in [9.17, 15) is 8.78 Å². The monoisotopic (exact) mass is 312 g/mol. The Kier molecular flexibility index (Phi) is 2.39. The molecule has 1 aromatic carbocycles. The van der Waals surface area contributed by atoms with Gasteiger partial charge in [-0.15, -0.1) is 0 Å². The molecule has 0 nitrogen and oxygen atoms in total. The quantitative estimate of drug-likeness (QED) is 0.695. The number of hydrogen-bond donors (Lipinski definition) is 0. The van der Waals surface area contributed by atoms with Crippen molar-refractivity contribution < 1.29 is 8.78 Å². The summed E-state index contributed by atoms with van der Waals surface area (Å²) in [6.07, 6.45) is 4.10. The molecule has 5 atom stereocenters. The maximum Gasteiger partial charge on any atom is 0.127 e. The van der Waals surface area contributed by atoms with Gasteiger partial charge in [-0.25, -0.2) is 8.78 Å². The third-order valence-corrected chi connectivity index (χ3v) is 6.49. The van der Waals surface area contributed by atoms with Crippen molar-refractivity contribution in [2.24, 2.45) is 29.6 Å². The Morgan fingerprint density at radius 1 is 1.11 bits per heavy atom. The third kappa shape index (κ3) is 1.46. The van der Waals surface area contributed by atoms with Crippen molar-refractivity contribution >= 4 is 15.9 Å². The fourth-order valence-electron chi connectivity index (χ4n) is 4.72. The van der Waals surface area contributed by atoms with Crippen LogP contribution in [-0.2, 0) is 0 Å². The van der Waals surface area contributed by atoms with Crippen LogP contribution in [0.25, 0.3) is 0 Å². The van der Waals surface area contributed by atoms with Crippen molar-refractivity contribution in [2.45, 2.75) is 24.1 Å². The third-order valence-electron chi connectivity index (χ3n) is 5.39. The zero-order valence-corrected chi connectivity index (χ0v) is 11.5. The Morgan fingerprint density at radius 3 is 2.44 bits per heavy atom. The molecule has 0 amide bonds. The SMILES string of the molecule is Fc1ccc(F)c(C(Br)C2C3C4CCC(C4)C32)c1. The lowest BCUT2D eigenvalue weighted by Gasteiger charge is -2.15. The lowest BCUT2D eigenvalue weighted by atomic mass is 9.97. The van der Waals surface area contributed by atoms with Crippen LogP contribution in [0.2, 0.25) is 0 Å². The van der Waals surface area contributed by atoms with E-state index in [1.54, 1.807) is 0 Å². The summed E-state index contributed by atoms with van der Waals surface area (Å²) in [5.41, 5.74) is 0.508. The Balaban J connectivity index is 1.61. The summed E-state index contributed by atoms with van der Waals surface area (Å²) in [5.74, 6) is 3.18. The molecule has 3 fully saturated rings. The van der Waals surface area contributed by atoms with Gasteiger partial charge in [0.2, 0.25) is 0 Å². The van der Waals surface area contributed by atoms with Gasteiger partial charge >= 0.3 is 0 Å². The van der Waals surface area contributed by atoms with Crippen molar-refractivity contribution in [1.82, 2.24) is 0 Å². The molecule has 0 spiro atoms. The molecule has 18 heavy (non-hydrogen) atoms. The van der Waals surface area contributed by atoms with Crippen molar-refractivity contribution in [2.75, 3.05) is 0 Å². The minimum atomic E-state index is -0.343. The number of benzene rings is 1. The fourth-order valence-corrected chi connectivity index (χ4v) is 5.77. The molecule has 0 N–H and O–H groups in total. The van der Waals surface area contributed by atoms with E-state index in [-0.39, 0.29) is 16.5 Å². The normalized spacial score (nSPS) is 41.8. The molecule has 96 valence electrons. The highest BCUT2D eigenvalue weighted by Crippen LogP contribution is 2.73. The summed E-state index contributed by atoms with van der Waals surface area (Å²) in [5, 5.41) is 0. The Morgan fingerprint density at radius 2 is 1.78 bits per heavy atom. The van der Waals surface area contributed by atoms with Gasteiger partial charge in [0.1, 0.15) is 11.6 Å². The summed E-state index contributed by atoms with van der Waals surface area (Å²) in [6.45, 7) is 0. The predicted octanol–water partition coefficient (Wildman–Crippen LogP) is 4.69. The minimum absolute atomic E-state index is 0.00778. The van der Waals surface area contributed by atoms with E-state index >= 15 is 0 Å². The van der Waals surface area contributed by atoms with E-state index in [0.29, 0.717) is 11.5 Å². The first-order valence-electron chi connectivity index (χ1n) is 6.76. The van der Waals surface area contributed by atoms with Crippen LogP contribution >= 0.6 is 15.9 Å². The highest BCUT2D eigenvalue weighted by Gasteiger charge is 2.66. The van der Waals surface area contributed by atoms with Crippen LogP contribution in [0.5, 0.6) is 0 Å². The zero-order chi connectivity index (χ0) is 12.4. The van der Waals surface area contributed by atoms with E-state index in [1.807, 2.05) is 0 Å². The Labute approximate surface area is 114 Å². The average molecular weight is 313 g/mol. The summed E-state index contributed by atoms with van der Waals surface area (Å²) < 4.78 is 27.1. The molecule has 4 rings (SSSR count). The largest absolute Gasteiger partial charge is 0.207 e. The van der Waals surface area contributed by atoms with Crippen LogP contribution in [0.4, 0.5) is 8.78 Å². The van der Waals surface area contributed by atoms with E-state index < -0.39 is 0 Å². The van der Waals surface area contributed by atoms with Crippen LogP contribution in [0.1, 0.15) is 29.7 Å². The number of halogens is 3. The molecule has 0 saturated heterocycles. The number of alkyl halides is 1. The fraction of sp³-hybridized carbons (Fsp3) is 0.600. The first-order chi connectivity index (χ1) is 8.66. The second kappa shape index (κ2) is 3.78. The van der Waals surface area contributed by atoms with Gasteiger partial charge < -0.3 is 0 Å². The molecule has 2 bridgehead atoms. The van der Waals surface area contributed by atoms with Gasteiger partial charge in [-0.3, -0.25) is 0 Å². The van der Waals surface area contributed by atoms with Gasteiger partial charge in [0.15, 0.2) is 0 Å². The molecule has 3 aliphatic carbocycles.